The van der Waals surface area contributed by atoms with Gasteiger partial charge in [-0.2, -0.15) is 0 Å². The smallest absolute Gasteiger partial charge is 0.175 e. The lowest BCUT2D eigenvalue weighted by Gasteiger charge is -2.11. The van der Waals surface area contributed by atoms with E-state index in [-0.39, 0.29) is 5.41 Å². The highest BCUT2D eigenvalue weighted by molar-refractivity contribution is 7.90. The second kappa shape index (κ2) is 3.80. The largest absolute Gasteiger partial charge is 0.331 e. The van der Waals surface area contributed by atoms with Gasteiger partial charge < -0.3 is 10.3 Å². The van der Waals surface area contributed by atoms with E-state index in [1.807, 2.05) is 17.7 Å². The van der Waals surface area contributed by atoms with Gasteiger partial charge in [0.05, 0.1) is 15.9 Å². The first-order chi connectivity index (χ1) is 8.87. The van der Waals surface area contributed by atoms with E-state index in [1.54, 1.807) is 12.1 Å². The van der Waals surface area contributed by atoms with Gasteiger partial charge >= 0.3 is 0 Å². The number of sulfone groups is 1. The minimum absolute atomic E-state index is 0.000969. The molecule has 1 aromatic heterocycles. The first kappa shape index (κ1) is 12.6. The van der Waals surface area contributed by atoms with Gasteiger partial charge in [0.15, 0.2) is 9.84 Å². The first-order valence-corrected chi connectivity index (χ1v) is 8.14. The molecule has 1 aliphatic rings. The summed E-state index contributed by atoms with van der Waals surface area (Å²) in [7, 11) is -1.24. The Bertz CT molecular complexity index is 758. The van der Waals surface area contributed by atoms with Crippen molar-refractivity contribution >= 4 is 20.9 Å². The number of hydrogen-bond donors (Lipinski definition) is 1. The third-order valence-electron chi connectivity index (χ3n) is 4.00. The van der Waals surface area contributed by atoms with E-state index >= 15 is 0 Å². The molecular formula is C13H17N3O2S. The summed E-state index contributed by atoms with van der Waals surface area (Å²) in [6, 6.07) is 5.08. The Morgan fingerprint density at radius 1 is 1.42 bits per heavy atom. The highest BCUT2D eigenvalue weighted by Gasteiger charge is 2.46. The fourth-order valence-electron chi connectivity index (χ4n) is 2.55. The van der Waals surface area contributed by atoms with Crippen LogP contribution in [0, 0.1) is 0 Å². The number of imidazole rings is 1. The quantitative estimate of drug-likeness (QED) is 0.908. The van der Waals surface area contributed by atoms with Crippen LogP contribution in [-0.2, 0) is 22.3 Å². The van der Waals surface area contributed by atoms with E-state index < -0.39 is 9.84 Å². The molecule has 1 aliphatic carbocycles. The molecule has 102 valence electrons. The van der Waals surface area contributed by atoms with Gasteiger partial charge in [-0.1, -0.05) is 0 Å². The molecule has 2 N–H and O–H groups in total. The maximum absolute atomic E-state index is 11.6. The number of rotatable bonds is 3. The fraction of sp³-hybridized carbons (Fsp3) is 0.462. The van der Waals surface area contributed by atoms with E-state index in [0.29, 0.717) is 11.4 Å². The zero-order chi connectivity index (χ0) is 13.8. The summed E-state index contributed by atoms with van der Waals surface area (Å²) in [4.78, 5) is 4.92. The van der Waals surface area contributed by atoms with E-state index in [9.17, 15) is 8.42 Å². The van der Waals surface area contributed by atoms with Gasteiger partial charge in [-0.15, -0.1) is 0 Å². The van der Waals surface area contributed by atoms with Crippen LogP contribution in [-0.4, -0.2) is 30.8 Å². The lowest BCUT2D eigenvalue weighted by Crippen LogP contribution is -2.23. The molecule has 2 aromatic rings. The Morgan fingerprint density at radius 3 is 2.63 bits per heavy atom. The average Bonchev–Trinajstić information content (AvgIpc) is 3.08. The highest BCUT2D eigenvalue weighted by atomic mass is 32.2. The maximum Gasteiger partial charge on any atom is 0.175 e. The molecule has 5 nitrogen and oxygen atoms in total. The summed E-state index contributed by atoms with van der Waals surface area (Å²) in [5.41, 5.74) is 7.51. The zero-order valence-electron chi connectivity index (χ0n) is 11.0. The van der Waals surface area contributed by atoms with Crippen LogP contribution in [0.25, 0.3) is 11.0 Å². The Kier molecular flexibility index (Phi) is 2.53. The molecule has 0 unspecified atom stereocenters. The third-order valence-corrected chi connectivity index (χ3v) is 5.11. The van der Waals surface area contributed by atoms with Crippen LogP contribution >= 0.6 is 0 Å². The number of aromatic nitrogens is 2. The Morgan fingerprint density at radius 2 is 2.11 bits per heavy atom. The van der Waals surface area contributed by atoms with Crippen LogP contribution in [0.5, 0.6) is 0 Å². The van der Waals surface area contributed by atoms with Crippen LogP contribution in [0.15, 0.2) is 23.1 Å². The van der Waals surface area contributed by atoms with Crippen molar-refractivity contribution in [1.82, 2.24) is 9.55 Å². The molecule has 0 amide bonds. The molecule has 1 aromatic carbocycles. The summed E-state index contributed by atoms with van der Waals surface area (Å²) in [5.74, 6) is 0.968. The lowest BCUT2D eigenvalue weighted by atomic mass is 10.1. The molecule has 1 fully saturated rings. The summed E-state index contributed by atoms with van der Waals surface area (Å²) >= 11 is 0. The van der Waals surface area contributed by atoms with Crippen molar-refractivity contribution in [2.75, 3.05) is 12.8 Å². The predicted octanol–water partition coefficient (Wildman–Crippen LogP) is 0.967. The molecule has 0 spiro atoms. The Labute approximate surface area is 112 Å². The van der Waals surface area contributed by atoms with Crippen molar-refractivity contribution < 1.29 is 8.42 Å². The third kappa shape index (κ3) is 1.86. The number of fused-ring (bicyclic) bond motifs is 1. The van der Waals surface area contributed by atoms with Crippen molar-refractivity contribution in [3.05, 3.63) is 24.0 Å². The predicted molar refractivity (Wildman–Crippen MR) is 73.8 cm³/mol. The van der Waals surface area contributed by atoms with Crippen molar-refractivity contribution in [3.8, 4) is 0 Å². The maximum atomic E-state index is 11.6. The highest BCUT2D eigenvalue weighted by Crippen LogP contribution is 2.47. The molecule has 0 radical (unpaired) electrons. The van der Waals surface area contributed by atoms with Gasteiger partial charge in [-0.25, -0.2) is 13.4 Å². The Balaban J connectivity index is 2.21. The number of aryl methyl sites for hydroxylation is 1. The first-order valence-electron chi connectivity index (χ1n) is 6.24. The van der Waals surface area contributed by atoms with Crippen molar-refractivity contribution in [2.45, 2.75) is 23.2 Å². The molecular weight excluding hydrogens is 262 g/mol. The fourth-order valence-corrected chi connectivity index (χ4v) is 3.20. The van der Waals surface area contributed by atoms with Gasteiger partial charge in [0.25, 0.3) is 0 Å². The van der Waals surface area contributed by atoms with Crippen LogP contribution in [0.4, 0.5) is 0 Å². The lowest BCUT2D eigenvalue weighted by molar-refractivity contribution is 0.602. The number of hydrogen-bond acceptors (Lipinski definition) is 4. The van der Waals surface area contributed by atoms with Gasteiger partial charge in [0, 0.05) is 25.3 Å². The Hall–Kier alpha value is -1.40. The molecule has 1 heterocycles. The van der Waals surface area contributed by atoms with Crippen LogP contribution in [0.3, 0.4) is 0 Å². The molecule has 0 atom stereocenters. The van der Waals surface area contributed by atoms with E-state index in [1.165, 1.54) is 6.26 Å². The zero-order valence-corrected chi connectivity index (χ0v) is 11.9. The molecule has 1 saturated carbocycles. The SMILES string of the molecule is Cn1c(C2(CN)CC2)nc2cc(S(C)(=O)=O)ccc21. The summed E-state index contributed by atoms with van der Waals surface area (Å²) in [5, 5.41) is 0. The molecule has 6 heteroatoms. The monoisotopic (exact) mass is 279 g/mol. The minimum atomic E-state index is -3.20. The van der Waals surface area contributed by atoms with Crippen LogP contribution in [0.2, 0.25) is 0 Å². The summed E-state index contributed by atoms with van der Waals surface area (Å²) in [6.07, 6.45) is 3.32. The standard InChI is InChI=1S/C13H17N3O2S/c1-16-11-4-3-9(19(2,17)18)7-10(11)15-12(16)13(8-14)5-6-13/h3-4,7H,5-6,8,14H2,1-2H3. The molecule has 0 aliphatic heterocycles. The molecule has 0 saturated heterocycles. The minimum Gasteiger partial charge on any atom is -0.331 e. The summed E-state index contributed by atoms with van der Waals surface area (Å²) in [6.45, 7) is 0.586. The number of nitrogens with zero attached hydrogens (tertiary/aromatic N) is 2. The number of nitrogens with two attached hydrogens (primary N) is 1. The molecule has 19 heavy (non-hydrogen) atoms. The normalized spacial score (nSPS) is 17.8. The van der Waals surface area contributed by atoms with Gasteiger partial charge in [0.1, 0.15) is 5.82 Å². The topological polar surface area (TPSA) is 78.0 Å². The van der Waals surface area contributed by atoms with E-state index in [4.69, 9.17) is 5.73 Å². The molecule has 3 rings (SSSR count). The van der Waals surface area contributed by atoms with Crippen molar-refractivity contribution in [2.24, 2.45) is 12.8 Å². The second-order valence-electron chi connectivity index (χ2n) is 5.40. The van der Waals surface area contributed by atoms with Crippen molar-refractivity contribution in [1.29, 1.82) is 0 Å². The summed E-state index contributed by atoms with van der Waals surface area (Å²) < 4.78 is 25.2. The average molecular weight is 279 g/mol. The van der Waals surface area contributed by atoms with E-state index in [0.717, 1.165) is 29.7 Å². The van der Waals surface area contributed by atoms with E-state index in [2.05, 4.69) is 4.98 Å². The van der Waals surface area contributed by atoms with Gasteiger partial charge in [-0.3, -0.25) is 0 Å². The number of benzene rings is 1. The van der Waals surface area contributed by atoms with Crippen LogP contribution < -0.4 is 5.73 Å². The molecule has 0 bridgehead atoms. The van der Waals surface area contributed by atoms with Gasteiger partial charge in [0.2, 0.25) is 0 Å². The van der Waals surface area contributed by atoms with Gasteiger partial charge in [-0.05, 0) is 31.0 Å². The van der Waals surface area contributed by atoms with Crippen molar-refractivity contribution in [3.63, 3.8) is 0 Å². The van der Waals surface area contributed by atoms with Crippen LogP contribution in [0.1, 0.15) is 18.7 Å². The second-order valence-corrected chi connectivity index (χ2v) is 7.42.